The van der Waals surface area contributed by atoms with Crippen molar-refractivity contribution in [2.45, 2.75) is 17.7 Å². The van der Waals surface area contributed by atoms with Gasteiger partial charge in [-0.25, -0.2) is 8.42 Å². The fraction of sp³-hybridized carbons (Fsp3) is 0.417. The zero-order valence-corrected chi connectivity index (χ0v) is 13.5. The van der Waals surface area contributed by atoms with Gasteiger partial charge in [0.25, 0.3) is 5.69 Å². The molecule has 6 nitrogen and oxygen atoms in total. The first kappa shape index (κ1) is 14.7. The van der Waals surface area contributed by atoms with Crippen molar-refractivity contribution in [2.75, 3.05) is 16.4 Å². The molecule has 2 atom stereocenters. The van der Waals surface area contributed by atoms with Gasteiger partial charge >= 0.3 is 0 Å². The first-order valence-electron chi connectivity index (χ1n) is 6.19. The number of benzene rings is 1. The van der Waals surface area contributed by atoms with Crippen LogP contribution in [0.5, 0.6) is 0 Å². The number of thioether (sulfide) groups is 1. The van der Waals surface area contributed by atoms with E-state index in [-0.39, 0.29) is 22.4 Å². The third kappa shape index (κ3) is 2.23. The number of nitro benzene ring substituents is 1. The van der Waals surface area contributed by atoms with Crippen LogP contribution >= 0.6 is 24.0 Å². The van der Waals surface area contributed by atoms with Gasteiger partial charge in [-0.15, -0.1) is 0 Å². The van der Waals surface area contributed by atoms with Gasteiger partial charge in [-0.2, -0.15) is 0 Å². The number of para-hydroxylation sites is 2. The van der Waals surface area contributed by atoms with Crippen molar-refractivity contribution in [2.24, 2.45) is 0 Å². The molecule has 0 saturated carbocycles. The maximum Gasteiger partial charge on any atom is 0.292 e. The highest BCUT2D eigenvalue weighted by Gasteiger charge is 2.58. The van der Waals surface area contributed by atoms with Gasteiger partial charge in [0.15, 0.2) is 9.84 Å². The van der Waals surface area contributed by atoms with Crippen LogP contribution in [0.1, 0.15) is 6.92 Å². The number of nitro groups is 1. The number of nitrogens with zero attached hydrogens (tertiary/aromatic N) is 2. The van der Waals surface area contributed by atoms with Gasteiger partial charge in [-0.3, -0.25) is 10.1 Å². The Balaban J connectivity index is 2.14. The minimum atomic E-state index is -3.15. The molecule has 0 N–H and O–H groups in total. The highest BCUT2D eigenvalue weighted by Crippen LogP contribution is 2.49. The molecule has 0 aliphatic carbocycles. The third-order valence-electron chi connectivity index (χ3n) is 3.87. The second-order valence-corrected chi connectivity index (χ2v) is 9.31. The van der Waals surface area contributed by atoms with Crippen LogP contribution in [0.2, 0.25) is 0 Å². The molecule has 1 aromatic rings. The normalized spacial score (nSPS) is 30.4. The lowest BCUT2D eigenvalue weighted by molar-refractivity contribution is -0.384. The molecule has 0 amide bonds. The van der Waals surface area contributed by atoms with E-state index in [9.17, 15) is 18.5 Å². The summed E-state index contributed by atoms with van der Waals surface area (Å²) >= 11 is 6.66. The lowest BCUT2D eigenvalue weighted by Crippen LogP contribution is -2.49. The van der Waals surface area contributed by atoms with Crippen LogP contribution in [0.15, 0.2) is 24.3 Å². The Bertz CT molecular complexity index is 749. The number of hydrogen-bond donors (Lipinski definition) is 0. The van der Waals surface area contributed by atoms with E-state index in [1.165, 1.54) is 17.8 Å². The van der Waals surface area contributed by atoms with Gasteiger partial charge < -0.3 is 4.90 Å². The molecule has 0 aromatic heterocycles. The Morgan fingerprint density at radius 3 is 2.81 bits per heavy atom. The average molecular weight is 344 g/mol. The van der Waals surface area contributed by atoms with Crippen LogP contribution < -0.4 is 4.90 Å². The first-order valence-corrected chi connectivity index (χ1v) is 9.30. The molecule has 2 aliphatic heterocycles. The van der Waals surface area contributed by atoms with Crippen molar-refractivity contribution in [1.82, 2.24) is 0 Å². The van der Waals surface area contributed by atoms with Crippen LogP contribution in [0.4, 0.5) is 11.4 Å². The second kappa shape index (κ2) is 4.65. The molecule has 0 radical (unpaired) electrons. The average Bonchev–Trinajstić information content (AvgIpc) is 2.72. The number of sulfone groups is 1. The Kier molecular flexibility index (Phi) is 3.26. The van der Waals surface area contributed by atoms with E-state index in [1.54, 1.807) is 23.1 Å². The van der Waals surface area contributed by atoms with E-state index < -0.39 is 20.3 Å². The molecule has 2 unspecified atom stereocenters. The van der Waals surface area contributed by atoms with Crippen LogP contribution in [-0.4, -0.2) is 40.0 Å². The monoisotopic (exact) mass is 344 g/mol. The first-order chi connectivity index (χ1) is 9.74. The quantitative estimate of drug-likeness (QED) is 0.461. The highest BCUT2D eigenvalue weighted by atomic mass is 32.2. The van der Waals surface area contributed by atoms with Crippen molar-refractivity contribution < 1.29 is 13.3 Å². The van der Waals surface area contributed by atoms with E-state index in [2.05, 4.69) is 0 Å². The maximum atomic E-state index is 11.9. The summed E-state index contributed by atoms with van der Waals surface area (Å²) in [6.07, 6.45) is 0. The van der Waals surface area contributed by atoms with Gasteiger partial charge in [0.1, 0.15) is 10.0 Å². The van der Waals surface area contributed by atoms with Crippen molar-refractivity contribution >= 4 is 49.5 Å². The van der Waals surface area contributed by atoms with Crippen LogP contribution in [0.25, 0.3) is 0 Å². The predicted molar refractivity (Wildman–Crippen MR) is 86.6 cm³/mol. The molecule has 2 heterocycles. The molecule has 112 valence electrons. The highest BCUT2D eigenvalue weighted by molar-refractivity contribution is 8.24. The molecule has 0 bridgehead atoms. The summed E-state index contributed by atoms with van der Waals surface area (Å²) in [6, 6.07) is 6.29. The van der Waals surface area contributed by atoms with Crippen LogP contribution in [-0.2, 0) is 9.84 Å². The molecule has 2 saturated heterocycles. The van der Waals surface area contributed by atoms with Gasteiger partial charge in [0.2, 0.25) is 0 Å². The fourth-order valence-corrected chi connectivity index (χ4v) is 7.85. The molecule has 9 heteroatoms. The van der Waals surface area contributed by atoms with Crippen molar-refractivity contribution in [3.05, 3.63) is 34.4 Å². The maximum absolute atomic E-state index is 11.9. The molecule has 3 rings (SSSR count). The molecule has 1 aromatic carbocycles. The summed E-state index contributed by atoms with van der Waals surface area (Å²) in [7, 11) is -3.15. The standard InChI is InChI=1S/C12H12N2O4S3/c1-12-7-21(17,18)6-10(12)20-11(19)13(12)8-4-2-3-5-9(8)14(15)16/h2-5,10H,6-7H2,1H3. The van der Waals surface area contributed by atoms with E-state index in [0.717, 1.165) is 0 Å². The summed E-state index contributed by atoms with van der Waals surface area (Å²) in [5.41, 5.74) is -0.430. The third-order valence-corrected chi connectivity index (χ3v) is 7.76. The number of anilines is 1. The van der Waals surface area contributed by atoms with Crippen LogP contribution in [0, 0.1) is 10.1 Å². The SMILES string of the molecule is CC12CS(=O)(=O)CC1SC(=S)N2c1ccccc1[N+](=O)[O-]. The van der Waals surface area contributed by atoms with E-state index in [1.807, 2.05) is 6.92 Å². The Morgan fingerprint density at radius 2 is 2.14 bits per heavy atom. The summed E-state index contributed by atoms with van der Waals surface area (Å²) < 4.78 is 24.4. The van der Waals surface area contributed by atoms with Crippen molar-refractivity contribution in [3.63, 3.8) is 0 Å². The Hall–Kier alpha value is -1.19. The Labute approximate surface area is 131 Å². The van der Waals surface area contributed by atoms with Gasteiger partial charge in [-0.1, -0.05) is 36.1 Å². The number of hydrogen-bond acceptors (Lipinski definition) is 6. The zero-order chi connectivity index (χ0) is 15.4. The van der Waals surface area contributed by atoms with E-state index >= 15 is 0 Å². The lowest BCUT2D eigenvalue weighted by Gasteiger charge is -2.33. The van der Waals surface area contributed by atoms with Crippen molar-refractivity contribution in [3.8, 4) is 0 Å². The topological polar surface area (TPSA) is 80.5 Å². The number of fused-ring (bicyclic) bond motifs is 1. The Morgan fingerprint density at radius 1 is 1.48 bits per heavy atom. The smallest absolute Gasteiger partial charge is 0.292 e. The minimum absolute atomic E-state index is 0.0378. The van der Waals surface area contributed by atoms with Crippen LogP contribution in [0.3, 0.4) is 0 Å². The molecule has 21 heavy (non-hydrogen) atoms. The lowest BCUT2D eigenvalue weighted by atomic mass is 9.98. The predicted octanol–water partition coefficient (Wildman–Crippen LogP) is 1.99. The number of thiocarbonyl (C=S) groups is 1. The summed E-state index contributed by atoms with van der Waals surface area (Å²) in [4.78, 5) is 12.4. The molecular weight excluding hydrogens is 332 g/mol. The second-order valence-electron chi connectivity index (χ2n) is 5.37. The van der Waals surface area contributed by atoms with E-state index in [4.69, 9.17) is 12.2 Å². The van der Waals surface area contributed by atoms with Gasteiger partial charge in [0.05, 0.1) is 27.2 Å². The fourth-order valence-electron chi connectivity index (χ4n) is 2.94. The summed E-state index contributed by atoms with van der Waals surface area (Å²) in [6.45, 7) is 1.81. The van der Waals surface area contributed by atoms with E-state index in [0.29, 0.717) is 10.0 Å². The molecule has 2 fully saturated rings. The summed E-state index contributed by atoms with van der Waals surface area (Å²) in [5.74, 6) is 0.0231. The van der Waals surface area contributed by atoms with Crippen molar-refractivity contribution in [1.29, 1.82) is 0 Å². The zero-order valence-electron chi connectivity index (χ0n) is 11.1. The molecule has 2 aliphatic rings. The summed E-state index contributed by atoms with van der Waals surface area (Å²) in [5, 5.41) is 11.0. The van der Waals surface area contributed by atoms with Gasteiger partial charge in [0, 0.05) is 6.07 Å². The molecular formula is C12H12N2O4S3. The largest absolute Gasteiger partial charge is 0.313 e. The molecule has 0 spiro atoms. The number of rotatable bonds is 2. The minimum Gasteiger partial charge on any atom is -0.313 e. The van der Waals surface area contributed by atoms with Gasteiger partial charge in [-0.05, 0) is 13.0 Å².